The molecule has 0 saturated carbocycles. The smallest absolute Gasteiger partial charge is 0.0510 e. The summed E-state index contributed by atoms with van der Waals surface area (Å²) in [6.07, 6.45) is 3.79. The Kier molecular flexibility index (Phi) is 1.82. The van der Waals surface area contributed by atoms with E-state index in [1.54, 1.807) is 6.21 Å². The van der Waals surface area contributed by atoms with Crippen LogP contribution in [0.2, 0.25) is 0 Å². The van der Waals surface area contributed by atoms with E-state index in [1.807, 2.05) is 6.07 Å². The average Bonchev–Trinajstić information content (AvgIpc) is 2.50. The molecule has 0 radical (unpaired) electrons. The molecule has 1 aliphatic rings. The third kappa shape index (κ3) is 1.09. The van der Waals surface area contributed by atoms with Gasteiger partial charge in [0.15, 0.2) is 0 Å². The minimum atomic E-state index is 0.325. The maximum atomic E-state index is 8.42. The highest BCUT2D eigenvalue weighted by Gasteiger charge is 2.19. The lowest BCUT2D eigenvalue weighted by Crippen LogP contribution is -1.93. The molecule has 0 bridgehead atoms. The van der Waals surface area contributed by atoms with Crippen LogP contribution in [-0.2, 0) is 6.42 Å². The Balaban J connectivity index is 2.36. The quantitative estimate of drug-likeness (QED) is 0.382. The fraction of sp³-hybridized carbons (Fsp3) is 0.300. The van der Waals surface area contributed by atoms with Gasteiger partial charge in [-0.05, 0) is 24.0 Å². The van der Waals surface area contributed by atoms with Crippen molar-refractivity contribution in [1.82, 2.24) is 0 Å². The van der Waals surface area contributed by atoms with Gasteiger partial charge >= 0.3 is 0 Å². The van der Waals surface area contributed by atoms with Crippen molar-refractivity contribution < 1.29 is 5.21 Å². The Hall–Kier alpha value is -1.31. The third-order valence-corrected chi connectivity index (χ3v) is 2.43. The maximum absolute atomic E-state index is 8.42. The molecule has 12 heavy (non-hydrogen) atoms. The second-order valence-corrected chi connectivity index (χ2v) is 3.11. The average molecular weight is 161 g/mol. The minimum absolute atomic E-state index is 0.325. The van der Waals surface area contributed by atoms with Crippen molar-refractivity contribution in [1.29, 1.82) is 0 Å². The van der Waals surface area contributed by atoms with Crippen LogP contribution in [0.15, 0.2) is 29.4 Å². The van der Waals surface area contributed by atoms with Crippen LogP contribution in [0.4, 0.5) is 0 Å². The first-order valence-corrected chi connectivity index (χ1v) is 4.17. The van der Waals surface area contributed by atoms with Crippen molar-refractivity contribution in [3.63, 3.8) is 0 Å². The van der Waals surface area contributed by atoms with Gasteiger partial charge < -0.3 is 5.21 Å². The monoisotopic (exact) mass is 161 g/mol. The van der Waals surface area contributed by atoms with Gasteiger partial charge in [0.2, 0.25) is 0 Å². The predicted molar refractivity (Wildman–Crippen MR) is 47.8 cm³/mol. The molecule has 2 heteroatoms. The van der Waals surface area contributed by atoms with E-state index in [0.29, 0.717) is 5.92 Å². The first-order chi connectivity index (χ1) is 5.92. The van der Waals surface area contributed by atoms with Gasteiger partial charge in [-0.25, -0.2) is 0 Å². The van der Waals surface area contributed by atoms with Crippen LogP contribution < -0.4 is 0 Å². The zero-order valence-electron chi connectivity index (χ0n) is 6.77. The molecule has 0 aromatic heterocycles. The van der Waals surface area contributed by atoms with E-state index in [-0.39, 0.29) is 0 Å². The number of fused-ring (bicyclic) bond motifs is 1. The number of hydrogen-bond acceptors (Lipinski definition) is 2. The van der Waals surface area contributed by atoms with E-state index in [2.05, 4.69) is 23.4 Å². The summed E-state index contributed by atoms with van der Waals surface area (Å²) in [7, 11) is 0. The van der Waals surface area contributed by atoms with Crippen molar-refractivity contribution in [2.45, 2.75) is 18.8 Å². The number of hydrogen-bond donors (Lipinski definition) is 1. The van der Waals surface area contributed by atoms with Gasteiger partial charge in [0.1, 0.15) is 0 Å². The Morgan fingerprint density at radius 3 is 3.08 bits per heavy atom. The summed E-state index contributed by atoms with van der Waals surface area (Å²) >= 11 is 0. The second-order valence-electron chi connectivity index (χ2n) is 3.11. The molecule has 1 unspecified atom stereocenters. The molecule has 0 saturated heterocycles. The third-order valence-electron chi connectivity index (χ3n) is 2.43. The zero-order valence-corrected chi connectivity index (χ0v) is 6.77. The van der Waals surface area contributed by atoms with Gasteiger partial charge in [-0.2, -0.15) is 0 Å². The number of nitrogens with zero attached hydrogens (tertiary/aromatic N) is 1. The lowest BCUT2D eigenvalue weighted by Gasteiger charge is -2.02. The molecule has 0 fully saturated rings. The molecule has 2 nitrogen and oxygen atoms in total. The van der Waals surface area contributed by atoms with E-state index in [0.717, 1.165) is 12.8 Å². The van der Waals surface area contributed by atoms with Crippen LogP contribution in [0.3, 0.4) is 0 Å². The van der Waals surface area contributed by atoms with Crippen LogP contribution in [0.5, 0.6) is 0 Å². The summed E-state index contributed by atoms with van der Waals surface area (Å²) in [5, 5.41) is 11.5. The maximum Gasteiger partial charge on any atom is 0.0510 e. The number of aryl methyl sites for hydroxylation is 1. The molecule has 0 amide bonds. The number of rotatable bonds is 1. The lowest BCUT2D eigenvalue weighted by molar-refractivity contribution is 0.319. The zero-order chi connectivity index (χ0) is 8.39. The lowest BCUT2D eigenvalue weighted by atomic mass is 10.0. The largest absolute Gasteiger partial charge is 0.411 e. The molecule has 1 atom stereocenters. The van der Waals surface area contributed by atoms with Crippen molar-refractivity contribution in [3.05, 3.63) is 35.4 Å². The Morgan fingerprint density at radius 1 is 1.42 bits per heavy atom. The van der Waals surface area contributed by atoms with Gasteiger partial charge in [0.25, 0.3) is 0 Å². The van der Waals surface area contributed by atoms with E-state index in [1.165, 1.54) is 11.1 Å². The van der Waals surface area contributed by atoms with Gasteiger partial charge in [-0.15, -0.1) is 5.16 Å². The van der Waals surface area contributed by atoms with Crippen LogP contribution >= 0.6 is 0 Å². The van der Waals surface area contributed by atoms with E-state index in [4.69, 9.17) is 5.21 Å². The molecule has 0 aliphatic heterocycles. The highest BCUT2D eigenvalue weighted by Crippen LogP contribution is 2.31. The van der Waals surface area contributed by atoms with E-state index >= 15 is 0 Å². The number of benzene rings is 1. The molecule has 62 valence electrons. The molecule has 2 rings (SSSR count). The molecular formula is C10H11NO. The van der Waals surface area contributed by atoms with Crippen LogP contribution in [0, 0.1) is 0 Å². The van der Waals surface area contributed by atoms with Crippen molar-refractivity contribution in [2.24, 2.45) is 5.16 Å². The fourth-order valence-corrected chi connectivity index (χ4v) is 1.83. The molecule has 1 N–H and O–H groups in total. The van der Waals surface area contributed by atoms with Gasteiger partial charge in [-0.3, -0.25) is 0 Å². The van der Waals surface area contributed by atoms with Gasteiger partial charge in [0.05, 0.1) is 6.21 Å². The standard InChI is InChI=1S/C10H11NO/c12-11-7-9-6-5-8-3-1-2-4-10(8)9/h1-4,7,9,12H,5-6H2. The Bertz CT molecular complexity index is 306. The highest BCUT2D eigenvalue weighted by atomic mass is 16.4. The minimum Gasteiger partial charge on any atom is -0.411 e. The topological polar surface area (TPSA) is 32.6 Å². The predicted octanol–water partition coefficient (Wildman–Crippen LogP) is 2.18. The molecule has 0 heterocycles. The number of oxime groups is 1. The van der Waals surface area contributed by atoms with Crippen LogP contribution in [-0.4, -0.2) is 11.4 Å². The Morgan fingerprint density at radius 2 is 2.25 bits per heavy atom. The van der Waals surface area contributed by atoms with Gasteiger partial charge in [-0.1, -0.05) is 24.3 Å². The summed E-state index contributed by atoms with van der Waals surface area (Å²) < 4.78 is 0. The van der Waals surface area contributed by atoms with Gasteiger partial charge in [0, 0.05) is 5.92 Å². The first-order valence-electron chi connectivity index (χ1n) is 4.17. The molecule has 1 aromatic carbocycles. The molecule has 1 aromatic rings. The second kappa shape index (κ2) is 2.97. The fourth-order valence-electron chi connectivity index (χ4n) is 1.83. The molecule has 1 aliphatic carbocycles. The molecule has 0 spiro atoms. The van der Waals surface area contributed by atoms with E-state index in [9.17, 15) is 0 Å². The summed E-state index contributed by atoms with van der Waals surface area (Å²) in [4.78, 5) is 0. The van der Waals surface area contributed by atoms with E-state index < -0.39 is 0 Å². The SMILES string of the molecule is ON=CC1CCc2ccccc21. The Labute approximate surface area is 71.5 Å². The van der Waals surface area contributed by atoms with Crippen LogP contribution in [0.25, 0.3) is 0 Å². The van der Waals surface area contributed by atoms with Crippen molar-refractivity contribution in [3.8, 4) is 0 Å². The van der Waals surface area contributed by atoms with Crippen LogP contribution in [0.1, 0.15) is 23.5 Å². The normalized spacial score (nSPS) is 21.5. The molecular weight excluding hydrogens is 150 g/mol. The summed E-state index contributed by atoms with van der Waals surface area (Å²) in [6.45, 7) is 0. The van der Waals surface area contributed by atoms with Crippen molar-refractivity contribution in [2.75, 3.05) is 0 Å². The van der Waals surface area contributed by atoms with Crippen molar-refractivity contribution >= 4 is 6.21 Å². The summed E-state index contributed by atoms with van der Waals surface area (Å²) in [5.74, 6) is 0.325. The highest BCUT2D eigenvalue weighted by molar-refractivity contribution is 5.69. The summed E-state index contributed by atoms with van der Waals surface area (Å²) in [5.41, 5.74) is 2.71. The summed E-state index contributed by atoms with van der Waals surface area (Å²) in [6, 6.07) is 8.33. The first kappa shape index (κ1) is 7.35.